The molecule has 0 N–H and O–H groups in total. The van der Waals surface area contributed by atoms with Crippen LogP contribution in [0.4, 0.5) is 0 Å². The van der Waals surface area contributed by atoms with Crippen molar-refractivity contribution in [2.45, 2.75) is 56.8 Å². The zero-order chi connectivity index (χ0) is 12.3. The molecule has 1 aromatic carbocycles. The molecular formula is C15H23BrSi. The van der Waals surface area contributed by atoms with Gasteiger partial charge in [0.05, 0.1) is 8.07 Å². The van der Waals surface area contributed by atoms with E-state index in [4.69, 9.17) is 0 Å². The summed E-state index contributed by atoms with van der Waals surface area (Å²) in [5, 5.41) is 0. The summed E-state index contributed by atoms with van der Waals surface area (Å²) in [5.41, 5.74) is 1.56. The Morgan fingerprint density at radius 1 is 1.18 bits per heavy atom. The van der Waals surface area contributed by atoms with E-state index in [2.05, 4.69) is 53.7 Å². The summed E-state index contributed by atoms with van der Waals surface area (Å²) >= 11 is 3.51. The fourth-order valence-corrected chi connectivity index (χ4v) is 7.55. The van der Waals surface area contributed by atoms with Crippen LogP contribution in [0.1, 0.15) is 37.7 Å². The molecule has 1 aliphatic heterocycles. The summed E-state index contributed by atoms with van der Waals surface area (Å²) in [4.78, 5) is 0. The standard InChI is InChI=1S/C15H23BrSi/c1-3-10-17(2)11-8-14(9-12-17)13-4-6-15(16)7-5-13/h4-7,14H,3,8-12H2,1-2H3. The van der Waals surface area contributed by atoms with Crippen molar-refractivity contribution in [2.24, 2.45) is 0 Å². The highest BCUT2D eigenvalue weighted by molar-refractivity contribution is 9.10. The Balaban J connectivity index is 1.97. The molecule has 1 fully saturated rings. The molecule has 94 valence electrons. The van der Waals surface area contributed by atoms with E-state index in [9.17, 15) is 0 Å². The predicted octanol–water partition coefficient (Wildman–Crippen LogP) is 5.82. The molecule has 0 aliphatic carbocycles. The summed E-state index contributed by atoms with van der Waals surface area (Å²) in [5.74, 6) is 0.834. The summed E-state index contributed by atoms with van der Waals surface area (Å²) in [7, 11) is -0.831. The SMILES string of the molecule is CCC[Si]1(C)CCC(c2ccc(Br)cc2)CC1. The molecule has 2 heteroatoms. The second kappa shape index (κ2) is 5.70. The second-order valence-corrected chi connectivity index (χ2v) is 11.9. The largest absolute Gasteiger partial charge is 0.0691 e. The number of rotatable bonds is 3. The van der Waals surface area contributed by atoms with E-state index < -0.39 is 8.07 Å². The average molecular weight is 311 g/mol. The molecular weight excluding hydrogens is 288 g/mol. The molecule has 17 heavy (non-hydrogen) atoms. The first-order valence-corrected chi connectivity index (χ1v) is 10.8. The predicted molar refractivity (Wildman–Crippen MR) is 82.4 cm³/mol. The van der Waals surface area contributed by atoms with Crippen LogP contribution in [0, 0.1) is 0 Å². The van der Waals surface area contributed by atoms with Crippen LogP contribution in [-0.2, 0) is 0 Å². The fraction of sp³-hybridized carbons (Fsp3) is 0.600. The summed E-state index contributed by atoms with van der Waals surface area (Å²) in [6.45, 7) is 4.97. The minimum Gasteiger partial charge on any atom is -0.0691 e. The van der Waals surface area contributed by atoms with Gasteiger partial charge in [-0.1, -0.05) is 66.1 Å². The molecule has 0 nitrogen and oxygen atoms in total. The third kappa shape index (κ3) is 3.44. The molecule has 0 bridgehead atoms. The van der Waals surface area contributed by atoms with Gasteiger partial charge in [-0.05, 0) is 36.5 Å². The smallest absolute Gasteiger partial charge is 0.0505 e. The summed E-state index contributed by atoms with van der Waals surface area (Å²) in [6.07, 6.45) is 4.26. The van der Waals surface area contributed by atoms with Crippen molar-refractivity contribution >= 4 is 24.0 Å². The minimum atomic E-state index is -0.831. The van der Waals surface area contributed by atoms with E-state index in [1.165, 1.54) is 23.7 Å². The lowest BCUT2D eigenvalue weighted by atomic mass is 9.94. The third-order valence-electron chi connectivity index (χ3n) is 4.39. The van der Waals surface area contributed by atoms with Gasteiger partial charge in [0.15, 0.2) is 0 Å². The Morgan fingerprint density at radius 3 is 2.29 bits per heavy atom. The zero-order valence-corrected chi connectivity index (χ0v) is 13.6. The van der Waals surface area contributed by atoms with Crippen LogP contribution in [0.25, 0.3) is 0 Å². The van der Waals surface area contributed by atoms with Crippen LogP contribution in [0.15, 0.2) is 28.7 Å². The summed E-state index contributed by atoms with van der Waals surface area (Å²) < 4.78 is 1.20. The highest BCUT2D eigenvalue weighted by Crippen LogP contribution is 2.40. The fourth-order valence-electron chi connectivity index (χ4n) is 3.24. The topological polar surface area (TPSA) is 0 Å². The molecule has 0 atom stereocenters. The Bertz CT molecular complexity index is 350. The molecule has 1 saturated heterocycles. The van der Waals surface area contributed by atoms with Gasteiger partial charge in [0.1, 0.15) is 0 Å². The zero-order valence-electron chi connectivity index (χ0n) is 11.0. The highest BCUT2D eigenvalue weighted by Gasteiger charge is 2.32. The van der Waals surface area contributed by atoms with Crippen molar-refractivity contribution in [1.82, 2.24) is 0 Å². The van der Waals surface area contributed by atoms with Crippen molar-refractivity contribution in [3.8, 4) is 0 Å². The van der Waals surface area contributed by atoms with Gasteiger partial charge in [-0.3, -0.25) is 0 Å². The first kappa shape index (κ1) is 13.4. The Hall–Kier alpha value is -0.0831. The monoisotopic (exact) mass is 310 g/mol. The molecule has 1 aromatic rings. The maximum atomic E-state index is 3.51. The normalized spacial score (nSPS) is 29.2. The van der Waals surface area contributed by atoms with E-state index >= 15 is 0 Å². The second-order valence-electron chi connectivity index (χ2n) is 5.89. The van der Waals surface area contributed by atoms with Crippen LogP contribution >= 0.6 is 15.9 Å². The van der Waals surface area contributed by atoms with Crippen molar-refractivity contribution in [3.05, 3.63) is 34.3 Å². The molecule has 0 radical (unpaired) electrons. The Kier molecular flexibility index (Phi) is 4.48. The lowest BCUT2D eigenvalue weighted by Crippen LogP contribution is -2.33. The molecule has 0 amide bonds. The van der Waals surface area contributed by atoms with Gasteiger partial charge in [-0.25, -0.2) is 0 Å². The quantitative estimate of drug-likeness (QED) is 0.617. The van der Waals surface area contributed by atoms with Crippen molar-refractivity contribution < 1.29 is 0 Å². The molecule has 0 aromatic heterocycles. The van der Waals surface area contributed by atoms with Gasteiger partial charge in [0, 0.05) is 4.47 Å². The van der Waals surface area contributed by atoms with Gasteiger partial charge in [0.25, 0.3) is 0 Å². The molecule has 1 aliphatic rings. The van der Waals surface area contributed by atoms with Gasteiger partial charge >= 0.3 is 0 Å². The van der Waals surface area contributed by atoms with Crippen LogP contribution in [0.5, 0.6) is 0 Å². The van der Waals surface area contributed by atoms with Crippen molar-refractivity contribution in [2.75, 3.05) is 0 Å². The number of halogens is 1. The first-order chi connectivity index (χ1) is 8.13. The maximum absolute atomic E-state index is 3.51. The van der Waals surface area contributed by atoms with Crippen LogP contribution in [-0.4, -0.2) is 8.07 Å². The van der Waals surface area contributed by atoms with Crippen LogP contribution in [0.2, 0.25) is 24.7 Å². The van der Waals surface area contributed by atoms with Gasteiger partial charge in [-0.2, -0.15) is 0 Å². The molecule has 0 unspecified atom stereocenters. The average Bonchev–Trinajstić information content (AvgIpc) is 2.31. The molecule has 1 heterocycles. The third-order valence-corrected chi connectivity index (χ3v) is 9.62. The number of hydrogen-bond acceptors (Lipinski definition) is 0. The number of hydrogen-bond donors (Lipinski definition) is 0. The van der Waals surface area contributed by atoms with Crippen LogP contribution < -0.4 is 0 Å². The lowest BCUT2D eigenvalue weighted by molar-refractivity contribution is 0.597. The van der Waals surface area contributed by atoms with E-state index in [-0.39, 0.29) is 0 Å². The van der Waals surface area contributed by atoms with E-state index in [1.807, 2.05) is 0 Å². The molecule has 0 spiro atoms. The van der Waals surface area contributed by atoms with Gasteiger partial charge < -0.3 is 0 Å². The lowest BCUT2D eigenvalue weighted by Gasteiger charge is -2.36. The van der Waals surface area contributed by atoms with E-state index in [1.54, 1.807) is 23.7 Å². The van der Waals surface area contributed by atoms with Crippen molar-refractivity contribution in [1.29, 1.82) is 0 Å². The van der Waals surface area contributed by atoms with Gasteiger partial charge in [0.2, 0.25) is 0 Å². The number of benzene rings is 1. The van der Waals surface area contributed by atoms with Gasteiger partial charge in [-0.15, -0.1) is 0 Å². The minimum absolute atomic E-state index is 0.831. The Labute approximate surface area is 115 Å². The van der Waals surface area contributed by atoms with Crippen molar-refractivity contribution in [3.63, 3.8) is 0 Å². The van der Waals surface area contributed by atoms with E-state index in [0.29, 0.717) is 0 Å². The van der Waals surface area contributed by atoms with E-state index in [0.717, 1.165) is 5.92 Å². The molecule has 0 saturated carbocycles. The maximum Gasteiger partial charge on any atom is 0.0505 e. The Morgan fingerprint density at radius 2 is 1.76 bits per heavy atom. The molecule has 2 rings (SSSR count). The van der Waals surface area contributed by atoms with Crippen LogP contribution in [0.3, 0.4) is 0 Å². The first-order valence-electron chi connectivity index (χ1n) is 6.88. The highest BCUT2D eigenvalue weighted by atomic mass is 79.9. The summed E-state index contributed by atoms with van der Waals surface area (Å²) in [6, 6.07) is 13.6.